The van der Waals surface area contributed by atoms with Crippen LogP contribution in [0.5, 0.6) is 0 Å². The predicted octanol–water partition coefficient (Wildman–Crippen LogP) is 4.68. The van der Waals surface area contributed by atoms with Crippen LogP contribution >= 0.6 is 0 Å². The van der Waals surface area contributed by atoms with Crippen molar-refractivity contribution in [2.45, 2.75) is 18.8 Å². The molecule has 0 aliphatic carbocycles. The molecule has 0 radical (unpaired) electrons. The van der Waals surface area contributed by atoms with E-state index in [1.807, 2.05) is 0 Å². The molecule has 172 valence electrons. The number of rotatable bonds is 5. The summed E-state index contributed by atoms with van der Waals surface area (Å²) >= 11 is 0. The quantitative estimate of drug-likeness (QED) is 0.629. The molecule has 1 amide bonds. The molecule has 2 N–H and O–H groups in total. The molecule has 1 aliphatic heterocycles. The first-order valence-corrected chi connectivity index (χ1v) is 9.09. The lowest BCUT2D eigenvalue weighted by molar-refractivity contribution is -0.141. The molecule has 3 rings (SSSR count). The van der Waals surface area contributed by atoms with E-state index in [-0.39, 0.29) is 18.2 Å². The second-order valence-corrected chi connectivity index (χ2v) is 6.73. The normalized spacial score (nSPS) is 16.4. The van der Waals surface area contributed by atoms with Gasteiger partial charge in [0.2, 0.25) is 5.95 Å². The Morgan fingerprint density at radius 1 is 1.16 bits per heavy atom. The highest BCUT2D eigenvalue weighted by atomic mass is 19.4. The summed E-state index contributed by atoms with van der Waals surface area (Å²) in [4.78, 5) is 19.1. The fraction of sp³-hybridized carbons (Fsp3) is 0.316. The molecule has 0 bridgehead atoms. The fourth-order valence-corrected chi connectivity index (χ4v) is 2.82. The van der Waals surface area contributed by atoms with Crippen LogP contribution in [0.4, 0.5) is 42.4 Å². The molecule has 0 saturated heterocycles. The molecule has 1 unspecified atom stereocenters. The molecule has 2 aromatic rings. The van der Waals surface area contributed by atoms with Crippen molar-refractivity contribution in [1.82, 2.24) is 15.3 Å². The summed E-state index contributed by atoms with van der Waals surface area (Å²) in [7, 11) is 0. The third kappa shape index (κ3) is 5.65. The largest absolute Gasteiger partial charge is 0.501 e. The Hall–Kier alpha value is -3.38. The Kier molecular flexibility index (Phi) is 6.55. The van der Waals surface area contributed by atoms with E-state index in [0.29, 0.717) is 31.4 Å². The van der Waals surface area contributed by atoms with Gasteiger partial charge in [0.1, 0.15) is 5.82 Å². The van der Waals surface area contributed by atoms with Crippen LogP contribution in [0, 0.1) is 11.7 Å². The third-order valence-electron chi connectivity index (χ3n) is 4.41. The molecule has 0 spiro atoms. The molecular weight excluding hydrogens is 449 g/mol. The fourth-order valence-electron chi connectivity index (χ4n) is 2.82. The molecule has 0 saturated carbocycles. The molecular formula is C19H15F7N4O2. The number of carbonyl (C=O) groups is 1. The predicted molar refractivity (Wildman–Crippen MR) is 97.3 cm³/mol. The number of ether oxygens (including phenoxy) is 1. The van der Waals surface area contributed by atoms with E-state index < -0.39 is 46.8 Å². The zero-order chi connectivity index (χ0) is 23.5. The number of hydrogen-bond acceptors (Lipinski definition) is 5. The van der Waals surface area contributed by atoms with Gasteiger partial charge in [-0.1, -0.05) is 0 Å². The van der Waals surface area contributed by atoms with Gasteiger partial charge < -0.3 is 15.4 Å². The number of nitrogens with one attached hydrogen (secondary N) is 2. The number of hydrogen-bond donors (Lipinski definition) is 2. The molecule has 1 aliphatic rings. The summed E-state index contributed by atoms with van der Waals surface area (Å²) in [5.41, 5.74) is -4.24. The van der Waals surface area contributed by atoms with E-state index in [1.165, 1.54) is 6.26 Å². The number of anilines is 2. The Morgan fingerprint density at radius 2 is 1.91 bits per heavy atom. The van der Waals surface area contributed by atoms with E-state index in [0.717, 1.165) is 6.07 Å². The number of aromatic nitrogens is 2. The first kappa shape index (κ1) is 23.3. The zero-order valence-electron chi connectivity index (χ0n) is 16.0. The van der Waals surface area contributed by atoms with Gasteiger partial charge in [0.15, 0.2) is 5.69 Å². The van der Waals surface area contributed by atoms with E-state index in [1.54, 1.807) is 6.08 Å². The summed E-state index contributed by atoms with van der Waals surface area (Å²) in [6.07, 6.45) is -5.65. The number of alkyl halides is 6. The van der Waals surface area contributed by atoms with Crippen molar-refractivity contribution in [2.24, 2.45) is 5.92 Å². The summed E-state index contributed by atoms with van der Waals surface area (Å²) in [5.74, 6) is -3.47. The highest BCUT2D eigenvalue weighted by Gasteiger charge is 2.38. The van der Waals surface area contributed by atoms with E-state index in [4.69, 9.17) is 4.74 Å². The van der Waals surface area contributed by atoms with E-state index >= 15 is 0 Å². The van der Waals surface area contributed by atoms with Crippen molar-refractivity contribution in [2.75, 3.05) is 18.5 Å². The molecule has 1 aromatic carbocycles. The molecule has 32 heavy (non-hydrogen) atoms. The Bertz CT molecular complexity index is 1020. The smallest absolute Gasteiger partial charge is 0.434 e. The van der Waals surface area contributed by atoms with Crippen LogP contribution in [0.15, 0.2) is 36.7 Å². The summed E-state index contributed by atoms with van der Waals surface area (Å²) in [5, 5.41) is 4.58. The number of halogens is 7. The second-order valence-electron chi connectivity index (χ2n) is 6.73. The van der Waals surface area contributed by atoms with Gasteiger partial charge in [-0.2, -0.15) is 26.3 Å². The van der Waals surface area contributed by atoms with Crippen LogP contribution in [-0.2, 0) is 17.1 Å². The number of carbonyl (C=O) groups excluding carboxylic acids is 1. The van der Waals surface area contributed by atoms with Gasteiger partial charge in [0.05, 0.1) is 24.0 Å². The average Bonchev–Trinajstić information content (AvgIpc) is 2.71. The van der Waals surface area contributed by atoms with Crippen LogP contribution in [0.3, 0.4) is 0 Å². The third-order valence-corrected chi connectivity index (χ3v) is 4.41. The van der Waals surface area contributed by atoms with Crippen molar-refractivity contribution in [3.05, 3.63) is 59.4 Å². The SMILES string of the molecule is O=C(NCC1C=COCC1)c1cnc(Nc2ccc(C(F)(F)F)c(F)c2)nc1C(F)(F)F. The van der Waals surface area contributed by atoms with E-state index in [9.17, 15) is 35.5 Å². The number of nitrogens with zero attached hydrogens (tertiary/aromatic N) is 2. The lowest BCUT2D eigenvalue weighted by Crippen LogP contribution is -2.32. The summed E-state index contributed by atoms with van der Waals surface area (Å²) in [6.45, 7) is 0.486. The van der Waals surface area contributed by atoms with Crippen LogP contribution in [-0.4, -0.2) is 29.0 Å². The Labute approximate surface area is 176 Å². The maximum atomic E-state index is 13.7. The van der Waals surface area contributed by atoms with Gasteiger partial charge in [-0.15, -0.1) is 0 Å². The van der Waals surface area contributed by atoms with Crippen LogP contribution in [0.2, 0.25) is 0 Å². The zero-order valence-corrected chi connectivity index (χ0v) is 16.0. The molecule has 0 fully saturated rings. The van der Waals surface area contributed by atoms with Crippen molar-refractivity contribution in [3.8, 4) is 0 Å². The minimum absolute atomic E-state index is 0.0703. The van der Waals surface area contributed by atoms with Gasteiger partial charge in [-0.25, -0.2) is 14.4 Å². The van der Waals surface area contributed by atoms with Crippen molar-refractivity contribution in [3.63, 3.8) is 0 Å². The van der Waals surface area contributed by atoms with Crippen molar-refractivity contribution in [1.29, 1.82) is 0 Å². The molecule has 1 atom stereocenters. The number of amides is 1. The standard InChI is InChI=1S/C19H15F7N4O2/c20-14-7-11(1-2-13(14)18(21,22)23)29-17-28-9-12(15(30-17)19(24,25)26)16(31)27-8-10-3-5-32-6-4-10/h1-3,5,7,9-10H,4,6,8H2,(H,27,31)(H,28,29,30). The summed E-state index contributed by atoms with van der Waals surface area (Å²) < 4.78 is 97.0. The highest BCUT2D eigenvalue weighted by molar-refractivity contribution is 5.95. The molecule has 2 heterocycles. The van der Waals surface area contributed by atoms with Crippen LogP contribution in [0.1, 0.15) is 28.0 Å². The van der Waals surface area contributed by atoms with Gasteiger partial charge in [0, 0.05) is 24.3 Å². The van der Waals surface area contributed by atoms with Gasteiger partial charge in [-0.05, 0) is 30.7 Å². The van der Waals surface area contributed by atoms with Gasteiger partial charge in [-0.3, -0.25) is 4.79 Å². The van der Waals surface area contributed by atoms with Crippen molar-refractivity contribution < 1.29 is 40.3 Å². The van der Waals surface area contributed by atoms with Gasteiger partial charge in [0.25, 0.3) is 5.91 Å². The lowest BCUT2D eigenvalue weighted by Gasteiger charge is -2.18. The lowest BCUT2D eigenvalue weighted by atomic mass is 10.0. The molecule has 6 nitrogen and oxygen atoms in total. The van der Waals surface area contributed by atoms with E-state index in [2.05, 4.69) is 20.6 Å². The maximum absolute atomic E-state index is 13.7. The van der Waals surface area contributed by atoms with Crippen LogP contribution in [0.25, 0.3) is 0 Å². The number of benzene rings is 1. The minimum atomic E-state index is -5.03. The topological polar surface area (TPSA) is 76.1 Å². The second kappa shape index (κ2) is 9.01. The molecule has 1 aromatic heterocycles. The average molecular weight is 464 g/mol. The minimum Gasteiger partial charge on any atom is -0.501 e. The van der Waals surface area contributed by atoms with Crippen LogP contribution < -0.4 is 10.6 Å². The maximum Gasteiger partial charge on any atom is 0.434 e. The van der Waals surface area contributed by atoms with Gasteiger partial charge >= 0.3 is 12.4 Å². The summed E-state index contributed by atoms with van der Waals surface area (Å²) in [6, 6.07) is 1.68. The highest BCUT2D eigenvalue weighted by Crippen LogP contribution is 2.34. The Balaban J connectivity index is 1.80. The Morgan fingerprint density at radius 3 is 2.50 bits per heavy atom. The van der Waals surface area contributed by atoms with Crippen molar-refractivity contribution >= 4 is 17.5 Å². The monoisotopic (exact) mass is 464 g/mol. The molecule has 13 heteroatoms. The first-order chi connectivity index (χ1) is 14.9. The first-order valence-electron chi connectivity index (χ1n) is 9.09.